The smallest absolute Gasteiger partial charge is 0.321 e. The lowest BCUT2D eigenvalue weighted by Crippen LogP contribution is -2.45. The summed E-state index contributed by atoms with van der Waals surface area (Å²) in [5.74, 6) is 0.782. The number of imide groups is 1. The highest BCUT2D eigenvalue weighted by molar-refractivity contribution is 7.11. The van der Waals surface area contributed by atoms with Gasteiger partial charge in [0.15, 0.2) is 0 Å². The van der Waals surface area contributed by atoms with Crippen molar-refractivity contribution in [2.75, 3.05) is 13.1 Å². The molecule has 2 aromatic rings. The second-order valence-corrected chi connectivity index (χ2v) is 7.76. The number of urea groups is 1. The lowest BCUT2D eigenvalue weighted by Gasteiger charge is -2.20. The number of carbonyl (C=O) groups excluding carboxylic acids is 2. The van der Waals surface area contributed by atoms with Crippen molar-refractivity contribution in [3.8, 4) is 0 Å². The average molecular weight is 363 g/mol. The molecule has 2 aromatic heterocycles. The van der Waals surface area contributed by atoms with Crippen LogP contribution in [0.1, 0.15) is 29.4 Å². The molecule has 2 heterocycles. The molecule has 0 saturated heterocycles. The number of carbonyl (C=O) groups is 2. The molecule has 0 saturated carbocycles. The minimum absolute atomic E-state index is 0.118. The van der Waals surface area contributed by atoms with Gasteiger partial charge in [0.1, 0.15) is 5.76 Å². The molecular formula is C18H25N3O3S. The van der Waals surface area contributed by atoms with Crippen LogP contribution in [0.4, 0.5) is 4.79 Å². The molecule has 0 atom stereocenters. The van der Waals surface area contributed by atoms with Crippen molar-refractivity contribution in [1.82, 2.24) is 15.5 Å². The van der Waals surface area contributed by atoms with Crippen LogP contribution in [0.15, 0.2) is 34.9 Å². The Bertz CT molecular complexity index is 680. The third-order valence-electron chi connectivity index (χ3n) is 3.43. The second kappa shape index (κ2) is 9.39. The Morgan fingerprint density at radius 2 is 2.04 bits per heavy atom. The van der Waals surface area contributed by atoms with Crippen LogP contribution in [-0.2, 0) is 17.9 Å². The fourth-order valence-electron chi connectivity index (χ4n) is 2.29. The monoisotopic (exact) mass is 363 g/mol. The van der Waals surface area contributed by atoms with Gasteiger partial charge in [-0.15, -0.1) is 11.3 Å². The summed E-state index contributed by atoms with van der Waals surface area (Å²) in [4.78, 5) is 28.3. The van der Waals surface area contributed by atoms with E-state index in [1.54, 1.807) is 17.6 Å². The Kier molecular flexibility index (Phi) is 7.21. The summed E-state index contributed by atoms with van der Waals surface area (Å²) in [6.07, 6.45) is 1.61. The quantitative estimate of drug-likeness (QED) is 0.756. The van der Waals surface area contributed by atoms with E-state index >= 15 is 0 Å². The molecule has 0 fully saturated rings. The maximum atomic E-state index is 12.2. The number of nitrogens with one attached hydrogen (secondary N) is 2. The van der Waals surface area contributed by atoms with Crippen molar-refractivity contribution < 1.29 is 14.0 Å². The summed E-state index contributed by atoms with van der Waals surface area (Å²) >= 11 is 1.70. The summed E-state index contributed by atoms with van der Waals surface area (Å²) in [6.45, 7) is 7.82. The Hall–Kier alpha value is -2.12. The number of furan rings is 1. The molecule has 25 heavy (non-hydrogen) atoms. The van der Waals surface area contributed by atoms with E-state index in [9.17, 15) is 9.59 Å². The van der Waals surface area contributed by atoms with Crippen molar-refractivity contribution in [3.63, 3.8) is 0 Å². The number of thiophene rings is 1. The van der Waals surface area contributed by atoms with Gasteiger partial charge in [-0.3, -0.25) is 15.0 Å². The number of hydrogen-bond donors (Lipinski definition) is 2. The highest BCUT2D eigenvalue weighted by Crippen LogP contribution is 2.18. The van der Waals surface area contributed by atoms with Gasteiger partial charge < -0.3 is 9.73 Å². The number of amides is 3. The standard InChI is InChI=1S/C18H25N3O3S/c1-13(2)9-19-18(23)20-17(22)12-21(10-15-5-4-8-24-15)11-16-7-6-14(3)25-16/h4-8,13H,9-12H2,1-3H3,(H2,19,20,22,23). The third kappa shape index (κ3) is 7.11. The van der Waals surface area contributed by atoms with E-state index in [1.165, 1.54) is 9.75 Å². The first kappa shape index (κ1) is 19.2. The number of nitrogens with zero attached hydrogens (tertiary/aromatic N) is 1. The van der Waals surface area contributed by atoms with E-state index in [-0.39, 0.29) is 12.5 Å². The lowest BCUT2D eigenvalue weighted by molar-refractivity contribution is -0.121. The van der Waals surface area contributed by atoms with Gasteiger partial charge >= 0.3 is 6.03 Å². The van der Waals surface area contributed by atoms with E-state index < -0.39 is 6.03 Å². The summed E-state index contributed by atoms with van der Waals surface area (Å²) in [5.41, 5.74) is 0. The molecular weight excluding hydrogens is 338 g/mol. The number of hydrogen-bond acceptors (Lipinski definition) is 5. The van der Waals surface area contributed by atoms with Crippen molar-refractivity contribution in [2.45, 2.75) is 33.9 Å². The van der Waals surface area contributed by atoms with Gasteiger partial charge in [0, 0.05) is 22.8 Å². The summed E-state index contributed by atoms with van der Waals surface area (Å²) < 4.78 is 5.39. The Morgan fingerprint density at radius 1 is 1.24 bits per heavy atom. The predicted octanol–water partition coefficient (Wildman–Crippen LogP) is 3.13. The second-order valence-electron chi connectivity index (χ2n) is 6.39. The van der Waals surface area contributed by atoms with Gasteiger partial charge in [-0.1, -0.05) is 13.8 Å². The molecule has 0 aliphatic rings. The van der Waals surface area contributed by atoms with Crippen molar-refractivity contribution >= 4 is 23.3 Å². The zero-order chi connectivity index (χ0) is 18.2. The molecule has 0 bridgehead atoms. The zero-order valence-electron chi connectivity index (χ0n) is 14.9. The normalized spacial score (nSPS) is 11.1. The van der Waals surface area contributed by atoms with Crippen LogP contribution in [0, 0.1) is 12.8 Å². The maximum absolute atomic E-state index is 12.2. The molecule has 0 radical (unpaired) electrons. The molecule has 3 amide bonds. The molecule has 0 aliphatic heterocycles. The molecule has 0 spiro atoms. The molecule has 0 aliphatic carbocycles. The van der Waals surface area contributed by atoms with E-state index in [2.05, 4.69) is 29.7 Å². The highest BCUT2D eigenvalue weighted by Gasteiger charge is 2.16. The predicted molar refractivity (Wildman–Crippen MR) is 98.3 cm³/mol. The van der Waals surface area contributed by atoms with Gasteiger partial charge in [0.25, 0.3) is 0 Å². The van der Waals surface area contributed by atoms with Gasteiger partial charge in [0.05, 0.1) is 19.4 Å². The van der Waals surface area contributed by atoms with Crippen LogP contribution in [-0.4, -0.2) is 29.9 Å². The largest absolute Gasteiger partial charge is 0.468 e. The van der Waals surface area contributed by atoms with Crippen LogP contribution in [0.25, 0.3) is 0 Å². The number of rotatable bonds is 8. The minimum Gasteiger partial charge on any atom is -0.468 e. The van der Waals surface area contributed by atoms with Gasteiger partial charge in [-0.2, -0.15) is 0 Å². The molecule has 6 nitrogen and oxygen atoms in total. The fourth-order valence-corrected chi connectivity index (χ4v) is 3.22. The summed E-state index contributed by atoms with van der Waals surface area (Å²) in [6, 6.07) is 7.36. The SMILES string of the molecule is Cc1ccc(CN(CC(=O)NC(=O)NCC(C)C)Cc2ccco2)s1. The first-order valence-corrected chi connectivity index (χ1v) is 9.11. The Balaban J connectivity index is 1.92. The van der Waals surface area contributed by atoms with Crippen molar-refractivity contribution in [1.29, 1.82) is 0 Å². The summed E-state index contributed by atoms with van der Waals surface area (Å²) in [5, 5.41) is 5.06. The van der Waals surface area contributed by atoms with Crippen LogP contribution >= 0.6 is 11.3 Å². The molecule has 0 unspecified atom stereocenters. The van der Waals surface area contributed by atoms with E-state index in [0.29, 0.717) is 25.6 Å². The van der Waals surface area contributed by atoms with Crippen molar-refractivity contribution in [3.05, 3.63) is 46.0 Å². The molecule has 7 heteroatoms. The summed E-state index contributed by atoms with van der Waals surface area (Å²) in [7, 11) is 0. The lowest BCUT2D eigenvalue weighted by atomic mass is 10.2. The first-order valence-electron chi connectivity index (χ1n) is 8.30. The fraction of sp³-hybridized carbons (Fsp3) is 0.444. The van der Waals surface area contributed by atoms with Crippen molar-refractivity contribution in [2.24, 2.45) is 5.92 Å². The Labute approximate surface area is 152 Å². The molecule has 136 valence electrons. The van der Waals surface area contributed by atoms with Crippen LogP contribution in [0.3, 0.4) is 0 Å². The van der Waals surface area contributed by atoms with Crippen LogP contribution in [0.5, 0.6) is 0 Å². The highest BCUT2D eigenvalue weighted by atomic mass is 32.1. The van der Waals surface area contributed by atoms with Gasteiger partial charge in [-0.05, 0) is 37.1 Å². The Morgan fingerprint density at radius 3 is 2.64 bits per heavy atom. The average Bonchev–Trinajstić information content (AvgIpc) is 3.17. The van der Waals surface area contributed by atoms with Gasteiger partial charge in [-0.25, -0.2) is 4.79 Å². The maximum Gasteiger partial charge on any atom is 0.321 e. The van der Waals surface area contributed by atoms with E-state index in [4.69, 9.17) is 4.42 Å². The zero-order valence-corrected chi connectivity index (χ0v) is 15.7. The van der Waals surface area contributed by atoms with E-state index in [0.717, 1.165) is 5.76 Å². The first-order chi connectivity index (χ1) is 11.9. The van der Waals surface area contributed by atoms with Crippen LogP contribution in [0.2, 0.25) is 0 Å². The minimum atomic E-state index is -0.455. The topological polar surface area (TPSA) is 74.6 Å². The van der Waals surface area contributed by atoms with Crippen LogP contribution < -0.4 is 10.6 Å². The molecule has 2 N–H and O–H groups in total. The molecule has 2 rings (SSSR count). The third-order valence-corrected chi connectivity index (χ3v) is 4.41. The number of aryl methyl sites for hydroxylation is 1. The molecule has 0 aromatic carbocycles. The van der Waals surface area contributed by atoms with E-state index in [1.807, 2.05) is 30.9 Å². The van der Waals surface area contributed by atoms with Gasteiger partial charge in [0.2, 0.25) is 5.91 Å².